The van der Waals surface area contributed by atoms with Gasteiger partial charge in [0.1, 0.15) is 5.82 Å². The van der Waals surface area contributed by atoms with Crippen LogP contribution in [0.15, 0.2) is 47.3 Å². The van der Waals surface area contributed by atoms with Gasteiger partial charge in [0.25, 0.3) is 11.5 Å². The quantitative estimate of drug-likeness (QED) is 0.662. The summed E-state index contributed by atoms with van der Waals surface area (Å²) in [6.45, 7) is 1.76. The number of benzene rings is 2. The average Bonchev–Trinajstić information content (AvgIpc) is 3.67. The van der Waals surface area contributed by atoms with Crippen LogP contribution in [0, 0.1) is 11.7 Å². The molecule has 33 heavy (non-hydrogen) atoms. The summed E-state index contributed by atoms with van der Waals surface area (Å²) in [7, 11) is 0. The molecule has 1 N–H and O–H groups in total. The van der Waals surface area contributed by atoms with Crippen LogP contribution < -0.4 is 5.56 Å². The van der Waals surface area contributed by atoms with Gasteiger partial charge in [-0.3, -0.25) is 14.4 Å². The first-order valence-corrected chi connectivity index (χ1v) is 10.8. The van der Waals surface area contributed by atoms with Gasteiger partial charge in [0.05, 0.1) is 16.6 Å². The molecule has 2 heterocycles. The number of fused-ring (bicyclic) bond motifs is 1. The second kappa shape index (κ2) is 9.13. The third kappa shape index (κ3) is 4.51. The molecule has 0 bridgehead atoms. The molecule has 1 aromatic heterocycles. The molecule has 2 aromatic carbocycles. The van der Waals surface area contributed by atoms with Crippen molar-refractivity contribution in [2.45, 2.75) is 26.7 Å². The smallest absolute Gasteiger partial charge is 0.272 e. The summed E-state index contributed by atoms with van der Waals surface area (Å²) >= 11 is 0. The first-order valence-electron chi connectivity index (χ1n) is 10.8. The highest BCUT2D eigenvalue weighted by atomic mass is 19.1. The molecule has 7 nitrogen and oxygen atoms in total. The van der Waals surface area contributed by atoms with E-state index in [9.17, 15) is 18.8 Å². The van der Waals surface area contributed by atoms with Gasteiger partial charge >= 0.3 is 0 Å². The number of hydrogen-bond donors (Lipinski definition) is 1. The van der Waals surface area contributed by atoms with Crippen molar-refractivity contribution in [3.63, 3.8) is 0 Å². The Morgan fingerprint density at radius 1 is 1.00 bits per heavy atom. The van der Waals surface area contributed by atoms with Gasteiger partial charge in [-0.05, 0) is 36.6 Å². The van der Waals surface area contributed by atoms with Gasteiger partial charge in [-0.1, -0.05) is 31.7 Å². The van der Waals surface area contributed by atoms with Crippen LogP contribution in [0.1, 0.15) is 41.9 Å². The third-order valence-corrected chi connectivity index (χ3v) is 6.21. The van der Waals surface area contributed by atoms with Crippen molar-refractivity contribution in [1.82, 2.24) is 20.0 Å². The zero-order valence-corrected chi connectivity index (χ0v) is 17.5. The molecule has 3 aromatic rings. The molecule has 1 saturated heterocycles. The summed E-state index contributed by atoms with van der Waals surface area (Å²) in [6.07, 6.45) is 2.26. The van der Waals surface area contributed by atoms with E-state index in [0.717, 1.165) is 23.8 Å². The van der Waals surface area contributed by atoms with E-state index in [0.29, 0.717) is 43.7 Å². The van der Waals surface area contributed by atoms with E-state index >= 15 is 0 Å². The van der Waals surface area contributed by atoms with E-state index in [-0.39, 0.29) is 36.3 Å². The largest absolute Gasteiger partial charge is 0.339 e. The lowest BCUT2D eigenvalue weighted by Crippen LogP contribution is -2.51. The van der Waals surface area contributed by atoms with Gasteiger partial charge in [0, 0.05) is 43.9 Å². The zero-order chi connectivity index (χ0) is 22.2. The maximum atomic E-state index is 14.6. The van der Waals surface area contributed by atoms with E-state index in [1.165, 1.54) is 6.07 Å². The second-order valence-corrected chi connectivity index (χ2v) is 8.43. The van der Waals surface area contributed by atoms with Crippen molar-refractivity contribution in [1.29, 1.82) is 0 Å². The van der Waals surface area contributed by atoms with Crippen LogP contribution in [-0.2, 0) is 11.2 Å². The number of H-pyrrole nitrogens is 1. The Bertz CT molecular complexity index is 1260. The van der Waals surface area contributed by atoms with Crippen molar-refractivity contribution in [2.75, 3.05) is 26.2 Å². The number of carbonyl (C=O) groups excluding carboxylic acids is 2. The second-order valence-electron chi connectivity index (χ2n) is 8.43. The minimum Gasteiger partial charge on any atom is -0.339 e. The SMILES string of the molecule is C.O=C(c1cc(Cc2n[nH]c(=O)c3ccccc23)ccc1F)N1CCN(C(=O)C2CC2)CC1. The van der Waals surface area contributed by atoms with Crippen LogP contribution in [0.3, 0.4) is 0 Å². The maximum absolute atomic E-state index is 14.6. The number of nitrogens with zero attached hydrogens (tertiary/aromatic N) is 3. The number of hydrogen-bond acceptors (Lipinski definition) is 4. The number of nitrogens with one attached hydrogen (secondary N) is 1. The molecular formula is C25H27FN4O3. The lowest BCUT2D eigenvalue weighted by Gasteiger charge is -2.35. The molecule has 2 amide bonds. The van der Waals surface area contributed by atoms with Gasteiger partial charge in [0.2, 0.25) is 5.91 Å². The van der Waals surface area contributed by atoms with Crippen LogP contribution in [0.2, 0.25) is 0 Å². The van der Waals surface area contributed by atoms with Crippen LogP contribution in [-0.4, -0.2) is 58.0 Å². The Balaban J connectivity index is 0.00000259. The van der Waals surface area contributed by atoms with E-state index in [2.05, 4.69) is 10.2 Å². The molecular weight excluding hydrogens is 423 g/mol. The predicted octanol–water partition coefficient (Wildman–Crippen LogP) is 2.98. The molecule has 2 aliphatic rings. The number of aromatic nitrogens is 2. The van der Waals surface area contributed by atoms with E-state index in [1.54, 1.807) is 34.1 Å². The zero-order valence-electron chi connectivity index (χ0n) is 17.5. The van der Waals surface area contributed by atoms with Crippen LogP contribution in [0.4, 0.5) is 4.39 Å². The lowest BCUT2D eigenvalue weighted by molar-refractivity contribution is -0.134. The molecule has 0 unspecified atom stereocenters. The first-order chi connectivity index (χ1) is 15.5. The summed E-state index contributed by atoms with van der Waals surface area (Å²) in [5, 5.41) is 7.93. The Morgan fingerprint density at radius 2 is 1.67 bits per heavy atom. The highest BCUT2D eigenvalue weighted by Crippen LogP contribution is 2.31. The normalized spacial score (nSPS) is 15.9. The molecule has 0 atom stereocenters. The van der Waals surface area contributed by atoms with Gasteiger partial charge in [-0.2, -0.15) is 5.10 Å². The van der Waals surface area contributed by atoms with Crippen molar-refractivity contribution in [3.8, 4) is 0 Å². The molecule has 1 aliphatic carbocycles. The Morgan fingerprint density at radius 3 is 2.36 bits per heavy atom. The first kappa shape index (κ1) is 22.6. The number of amides is 2. The van der Waals surface area contributed by atoms with Crippen molar-refractivity contribution >= 4 is 22.6 Å². The fraction of sp³-hybridized carbons (Fsp3) is 0.360. The fourth-order valence-electron chi connectivity index (χ4n) is 4.23. The molecule has 0 spiro atoms. The highest BCUT2D eigenvalue weighted by molar-refractivity contribution is 5.95. The molecule has 1 saturated carbocycles. The molecule has 0 radical (unpaired) electrons. The number of halogens is 1. The van der Waals surface area contributed by atoms with Crippen molar-refractivity contribution in [3.05, 3.63) is 75.5 Å². The average molecular weight is 451 g/mol. The topological polar surface area (TPSA) is 86.4 Å². The van der Waals surface area contributed by atoms with Gasteiger partial charge < -0.3 is 9.80 Å². The van der Waals surface area contributed by atoms with Crippen molar-refractivity contribution in [2.24, 2.45) is 5.92 Å². The lowest BCUT2D eigenvalue weighted by atomic mass is 10.0. The molecule has 8 heteroatoms. The van der Waals surface area contributed by atoms with Gasteiger partial charge in [-0.15, -0.1) is 0 Å². The highest BCUT2D eigenvalue weighted by Gasteiger charge is 2.35. The summed E-state index contributed by atoms with van der Waals surface area (Å²) < 4.78 is 14.6. The number of aromatic amines is 1. The summed E-state index contributed by atoms with van der Waals surface area (Å²) in [5.74, 6) is -0.619. The number of rotatable bonds is 4. The molecule has 5 rings (SSSR count). The van der Waals surface area contributed by atoms with Crippen LogP contribution >= 0.6 is 0 Å². The third-order valence-electron chi connectivity index (χ3n) is 6.21. The summed E-state index contributed by atoms with van der Waals surface area (Å²) in [6, 6.07) is 11.6. The van der Waals surface area contributed by atoms with Crippen LogP contribution in [0.5, 0.6) is 0 Å². The van der Waals surface area contributed by atoms with E-state index < -0.39 is 5.82 Å². The Labute approximate surface area is 191 Å². The molecule has 1 aliphatic heterocycles. The number of piperazine rings is 1. The monoisotopic (exact) mass is 450 g/mol. The number of carbonyl (C=O) groups is 2. The fourth-order valence-corrected chi connectivity index (χ4v) is 4.23. The Hall–Kier alpha value is -3.55. The van der Waals surface area contributed by atoms with Crippen LogP contribution in [0.25, 0.3) is 10.8 Å². The van der Waals surface area contributed by atoms with Gasteiger partial charge in [0.15, 0.2) is 0 Å². The van der Waals surface area contributed by atoms with Gasteiger partial charge in [-0.25, -0.2) is 9.49 Å². The molecule has 2 fully saturated rings. The summed E-state index contributed by atoms with van der Waals surface area (Å²) in [4.78, 5) is 40.7. The minimum atomic E-state index is -0.575. The van der Waals surface area contributed by atoms with E-state index in [4.69, 9.17) is 0 Å². The molecule has 172 valence electrons. The Kier molecular flexibility index (Phi) is 6.26. The van der Waals surface area contributed by atoms with Crippen molar-refractivity contribution < 1.29 is 14.0 Å². The summed E-state index contributed by atoms with van der Waals surface area (Å²) in [5.41, 5.74) is 1.12. The van der Waals surface area contributed by atoms with E-state index in [1.807, 2.05) is 12.1 Å². The predicted molar refractivity (Wildman–Crippen MR) is 124 cm³/mol. The minimum absolute atomic E-state index is 0. The maximum Gasteiger partial charge on any atom is 0.272 e. The standard InChI is InChI=1S/C24H23FN4O3.CH4/c25-20-8-5-15(14-21-17-3-1-2-4-18(17)22(30)27-26-21)13-19(20)24(32)29-11-9-28(10-12-29)23(31)16-6-7-16;/h1-5,8,13,16H,6-7,9-12,14H2,(H,27,30);1H4.